The summed E-state index contributed by atoms with van der Waals surface area (Å²) in [6.07, 6.45) is 0. The van der Waals surface area contributed by atoms with Crippen LogP contribution in [0.5, 0.6) is 0 Å². The van der Waals surface area contributed by atoms with E-state index in [0.717, 1.165) is 43.8 Å². The van der Waals surface area contributed by atoms with E-state index in [-0.39, 0.29) is 11.0 Å². The molecule has 0 atom stereocenters. The van der Waals surface area contributed by atoms with E-state index in [1.807, 2.05) is 43.3 Å². The van der Waals surface area contributed by atoms with E-state index in [2.05, 4.69) is 20.6 Å². The zero-order valence-corrected chi connectivity index (χ0v) is 21.4. The predicted molar refractivity (Wildman–Crippen MR) is 147 cm³/mol. The number of aromatic nitrogens is 2. The van der Waals surface area contributed by atoms with Gasteiger partial charge in [-0.05, 0) is 73.2 Å². The molecule has 0 aliphatic carbocycles. The first kappa shape index (κ1) is 23.1. The lowest BCUT2D eigenvalue weighted by molar-refractivity contribution is 0.0982. The summed E-state index contributed by atoms with van der Waals surface area (Å²) in [7, 11) is 0. The lowest BCUT2D eigenvalue weighted by atomic mass is 10.2. The molecule has 0 spiro atoms. The molecule has 2 heterocycles. The van der Waals surface area contributed by atoms with Crippen LogP contribution in [0.25, 0.3) is 32.5 Å². The second-order valence-corrected chi connectivity index (χ2v) is 10.3. The highest BCUT2D eigenvalue weighted by atomic mass is 35.5. The molecule has 0 fully saturated rings. The number of aryl methyl sites for hydroxylation is 1. The molecule has 0 saturated heterocycles. The molecule has 5 aromatic rings. The van der Waals surface area contributed by atoms with E-state index >= 15 is 0 Å². The van der Waals surface area contributed by atoms with Crippen LogP contribution in [0.2, 0.25) is 15.1 Å². The molecule has 0 radical (unpaired) electrons. The average Bonchev–Trinajstić information content (AvgIpc) is 3.35. The quantitative estimate of drug-likeness (QED) is 0.202. The first-order valence-electron chi connectivity index (χ1n) is 10.0. The third-order valence-electron chi connectivity index (χ3n) is 5.20. The molecule has 0 aliphatic heterocycles. The van der Waals surface area contributed by atoms with Gasteiger partial charge in [-0.25, -0.2) is 4.98 Å². The predicted octanol–water partition coefficient (Wildman–Crippen LogP) is 7.84. The Morgan fingerprint density at radius 2 is 1.82 bits per heavy atom. The number of thiocarbonyl (C=S) groups is 1. The maximum atomic E-state index is 12.7. The minimum absolute atomic E-state index is 0.165. The van der Waals surface area contributed by atoms with Crippen molar-refractivity contribution in [1.82, 2.24) is 15.3 Å². The van der Waals surface area contributed by atoms with Crippen LogP contribution >= 0.6 is 58.4 Å². The Morgan fingerprint density at radius 1 is 1.06 bits per heavy atom. The monoisotopic (exact) mass is 544 g/mol. The van der Waals surface area contributed by atoms with Crippen molar-refractivity contribution >= 4 is 96.2 Å². The molecule has 2 aromatic heterocycles. The Bertz CT molecular complexity index is 1550. The van der Waals surface area contributed by atoms with Crippen molar-refractivity contribution in [2.45, 2.75) is 6.92 Å². The van der Waals surface area contributed by atoms with Crippen molar-refractivity contribution in [3.8, 4) is 11.4 Å². The molecule has 0 unspecified atom stereocenters. The first-order valence-corrected chi connectivity index (χ1v) is 12.4. The third kappa shape index (κ3) is 4.50. The van der Waals surface area contributed by atoms with E-state index in [9.17, 15) is 4.79 Å². The maximum absolute atomic E-state index is 12.7. The second kappa shape index (κ2) is 9.17. The molecule has 0 saturated carbocycles. The van der Waals surface area contributed by atoms with Crippen LogP contribution in [-0.4, -0.2) is 21.0 Å². The minimum Gasteiger partial charge on any atom is -0.338 e. The van der Waals surface area contributed by atoms with Crippen molar-refractivity contribution in [2.75, 3.05) is 5.32 Å². The van der Waals surface area contributed by atoms with Crippen molar-refractivity contribution in [1.29, 1.82) is 0 Å². The van der Waals surface area contributed by atoms with Gasteiger partial charge in [-0.3, -0.25) is 10.1 Å². The van der Waals surface area contributed by atoms with Crippen LogP contribution in [0.3, 0.4) is 0 Å². The van der Waals surface area contributed by atoms with E-state index in [0.29, 0.717) is 19.9 Å². The summed E-state index contributed by atoms with van der Waals surface area (Å²) in [5.74, 6) is 0.353. The molecule has 3 aromatic carbocycles. The van der Waals surface area contributed by atoms with Gasteiger partial charge in [0.1, 0.15) is 10.7 Å². The zero-order chi connectivity index (χ0) is 24.0. The fourth-order valence-corrected chi connectivity index (χ4v) is 5.55. The van der Waals surface area contributed by atoms with E-state index in [1.165, 1.54) is 11.3 Å². The van der Waals surface area contributed by atoms with Crippen molar-refractivity contribution in [2.24, 2.45) is 0 Å². The molecule has 10 heteroatoms. The van der Waals surface area contributed by atoms with E-state index < -0.39 is 0 Å². The number of thiophene rings is 1. The van der Waals surface area contributed by atoms with Gasteiger partial charge in [0.2, 0.25) is 0 Å². The third-order valence-corrected chi connectivity index (χ3v) is 7.71. The number of hydrogen-bond acceptors (Lipinski definition) is 4. The zero-order valence-electron chi connectivity index (χ0n) is 17.5. The molecule has 34 heavy (non-hydrogen) atoms. The number of carbonyl (C=O) groups is 1. The van der Waals surface area contributed by atoms with Gasteiger partial charge in [0.25, 0.3) is 5.91 Å². The topological polar surface area (TPSA) is 69.8 Å². The second-order valence-electron chi connectivity index (χ2n) is 7.58. The lowest BCUT2D eigenvalue weighted by Gasteiger charge is -2.09. The first-order chi connectivity index (χ1) is 16.3. The van der Waals surface area contributed by atoms with Crippen LogP contribution in [0.4, 0.5) is 5.69 Å². The van der Waals surface area contributed by atoms with Crippen molar-refractivity contribution in [3.05, 3.63) is 80.1 Å². The van der Waals surface area contributed by atoms with Crippen LogP contribution in [0.15, 0.2) is 54.6 Å². The highest BCUT2D eigenvalue weighted by Crippen LogP contribution is 2.36. The largest absolute Gasteiger partial charge is 0.338 e. The molecule has 0 bridgehead atoms. The number of aromatic amines is 1. The molecule has 0 aliphatic rings. The van der Waals surface area contributed by atoms with Crippen molar-refractivity contribution in [3.63, 3.8) is 0 Å². The van der Waals surface area contributed by atoms with Gasteiger partial charge in [-0.15, -0.1) is 11.3 Å². The number of benzene rings is 3. The number of imidazole rings is 1. The Labute approximate surface area is 219 Å². The minimum atomic E-state index is -0.382. The van der Waals surface area contributed by atoms with Crippen LogP contribution in [0, 0.1) is 6.92 Å². The van der Waals surface area contributed by atoms with Crippen LogP contribution in [0.1, 0.15) is 15.2 Å². The summed E-state index contributed by atoms with van der Waals surface area (Å²) in [5, 5.41) is 8.28. The maximum Gasteiger partial charge on any atom is 0.269 e. The summed E-state index contributed by atoms with van der Waals surface area (Å²) in [4.78, 5) is 21.0. The Balaban J connectivity index is 1.28. The van der Waals surface area contributed by atoms with Gasteiger partial charge in [-0.2, -0.15) is 0 Å². The molecule has 3 N–H and O–H groups in total. The van der Waals surface area contributed by atoms with Gasteiger partial charge >= 0.3 is 0 Å². The molecule has 1 amide bonds. The Hall–Kier alpha value is -2.68. The summed E-state index contributed by atoms with van der Waals surface area (Å²) in [6, 6.07) is 16.7. The Morgan fingerprint density at radius 3 is 2.59 bits per heavy atom. The highest BCUT2D eigenvalue weighted by molar-refractivity contribution is 7.80. The van der Waals surface area contributed by atoms with Crippen LogP contribution < -0.4 is 10.6 Å². The molecular formula is C24H15Cl3N4OS2. The number of anilines is 1. The Kier molecular flexibility index (Phi) is 6.22. The standard InChI is InChI=1S/C24H15Cl3N4OS2/c1-11-8-17-18(10-16(11)26)30-22(29-17)12-2-5-14(6-3-12)28-24(33)31-23(32)21-20(27)15-7-4-13(25)9-19(15)34-21/h2-10H,1H3,(H,29,30)(H2,28,31,32,33). The fraction of sp³-hybridized carbons (Fsp3) is 0.0417. The van der Waals surface area contributed by atoms with Gasteiger partial charge in [0.15, 0.2) is 5.11 Å². The summed E-state index contributed by atoms with van der Waals surface area (Å²) >= 11 is 25.2. The number of hydrogen-bond donors (Lipinski definition) is 3. The number of halogens is 3. The number of rotatable bonds is 3. The number of nitrogens with zero attached hydrogens (tertiary/aromatic N) is 1. The van der Waals surface area contributed by atoms with Gasteiger partial charge < -0.3 is 10.3 Å². The van der Waals surface area contributed by atoms with E-state index in [4.69, 9.17) is 47.0 Å². The summed E-state index contributed by atoms with van der Waals surface area (Å²) in [6.45, 7) is 1.95. The van der Waals surface area contributed by atoms with Gasteiger partial charge in [-0.1, -0.05) is 40.9 Å². The number of H-pyrrole nitrogens is 1. The van der Waals surface area contributed by atoms with Gasteiger partial charge in [0.05, 0.1) is 16.1 Å². The van der Waals surface area contributed by atoms with Crippen LogP contribution in [-0.2, 0) is 0 Å². The SMILES string of the molecule is Cc1cc2[nH]c(-c3ccc(NC(=S)NC(=O)c4sc5cc(Cl)ccc5c4Cl)cc3)nc2cc1Cl. The fourth-order valence-electron chi connectivity index (χ4n) is 3.50. The van der Waals surface area contributed by atoms with E-state index in [1.54, 1.807) is 18.2 Å². The summed E-state index contributed by atoms with van der Waals surface area (Å²) < 4.78 is 0.833. The highest BCUT2D eigenvalue weighted by Gasteiger charge is 2.18. The smallest absolute Gasteiger partial charge is 0.269 e. The molecule has 5 nitrogen and oxygen atoms in total. The summed E-state index contributed by atoms with van der Waals surface area (Å²) in [5.41, 5.74) is 4.34. The number of carbonyl (C=O) groups excluding carboxylic acids is 1. The number of amides is 1. The molecular weight excluding hydrogens is 531 g/mol. The number of nitrogens with one attached hydrogen (secondary N) is 3. The lowest BCUT2D eigenvalue weighted by Crippen LogP contribution is -2.33. The molecule has 170 valence electrons. The normalized spacial score (nSPS) is 11.2. The average molecular weight is 546 g/mol. The van der Waals surface area contributed by atoms with Gasteiger partial charge in [0, 0.05) is 31.4 Å². The van der Waals surface area contributed by atoms with Crippen molar-refractivity contribution < 1.29 is 4.79 Å². The number of fused-ring (bicyclic) bond motifs is 2. The molecule has 5 rings (SSSR count).